The lowest BCUT2D eigenvalue weighted by molar-refractivity contribution is 0.494. The molecule has 0 saturated carbocycles. The topological polar surface area (TPSA) is 25.8 Å². The van der Waals surface area contributed by atoms with Crippen LogP contribution in [-0.4, -0.2) is 10.2 Å². The molecule has 15 heavy (non-hydrogen) atoms. The first-order chi connectivity index (χ1) is 7.02. The molecule has 0 saturated heterocycles. The van der Waals surface area contributed by atoms with Gasteiger partial charge in [-0.3, -0.25) is 0 Å². The smallest absolute Gasteiger partial charge is 0.203 e. The molecule has 0 unspecified atom stereocenters. The molecule has 2 aromatic rings. The molecule has 78 valence electrons. The summed E-state index contributed by atoms with van der Waals surface area (Å²) in [7, 11) is 0. The summed E-state index contributed by atoms with van der Waals surface area (Å²) < 4.78 is 52.0. The molecule has 0 N–H and O–H groups in total. The molecule has 1 aromatic carbocycles. The van der Waals surface area contributed by atoms with Gasteiger partial charge >= 0.3 is 0 Å². The molecule has 0 bridgehead atoms. The third kappa shape index (κ3) is 1.41. The van der Waals surface area contributed by atoms with Crippen LogP contribution in [0, 0.1) is 23.5 Å². The van der Waals surface area contributed by atoms with Crippen molar-refractivity contribution < 1.29 is 17.6 Å². The van der Waals surface area contributed by atoms with Crippen LogP contribution in [0.2, 0.25) is 5.02 Å². The van der Waals surface area contributed by atoms with E-state index in [9.17, 15) is 17.6 Å². The molecule has 0 fully saturated rings. The zero-order valence-corrected chi connectivity index (χ0v) is 7.62. The Labute approximate surface area is 85.5 Å². The number of fused-ring (bicyclic) bond motifs is 1. The van der Waals surface area contributed by atoms with Gasteiger partial charge in [-0.25, -0.2) is 8.78 Å². The van der Waals surface area contributed by atoms with Crippen LogP contribution in [0.3, 0.4) is 0 Å². The summed E-state index contributed by atoms with van der Waals surface area (Å²) in [6.07, 6.45) is 0. The number of aromatic nitrogens is 2. The fourth-order valence-electron chi connectivity index (χ4n) is 1.15. The molecule has 0 atom stereocenters. The Morgan fingerprint density at radius 1 is 0.933 bits per heavy atom. The lowest BCUT2D eigenvalue weighted by atomic mass is 10.2. The molecule has 0 radical (unpaired) electrons. The third-order valence-corrected chi connectivity index (χ3v) is 2.09. The molecule has 0 aliphatic heterocycles. The average Bonchev–Trinajstić information content (AvgIpc) is 2.20. The van der Waals surface area contributed by atoms with Crippen molar-refractivity contribution in [3.63, 3.8) is 0 Å². The molecule has 1 heterocycles. The number of rotatable bonds is 0. The third-order valence-electron chi connectivity index (χ3n) is 1.82. The van der Waals surface area contributed by atoms with Crippen molar-refractivity contribution in [2.24, 2.45) is 0 Å². The monoisotopic (exact) mass is 236 g/mol. The maximum Gasteiger partial charge on any atom is 0.244 e. The summed E-state index contributed by atoms with van der Waals surface area (Å²) in [5.41, 5.74) is 0. The lowest BCUT2D eigenvalue weighted by Crippen LogP contribution is -1.99. The van der Waals surface area contributed by atoms with Crippen LogP contribution in [0.1, 0.15) is 0 Å². The van der Waals surface area contributed by atoms with Gasteiger partial charge in [0, 0.05) is 5.39 Å². The number of nitrogens with zero attached hydrogens (tertiary/aromatic N) is 2. The van der Waals surface area contributed by atoms with E-state index in [4.69, 9.17) is 11.6 Å². The van der Waals surface area contributed by atoms with Crippen molar-refractivity contribution in [3.8, 4) is 0 Å². The summed E-state index contributed by atoms with van der Waals surface area (Å²) in [4.78, 5) is 0. The highest BCUT2D eigenvalue weighted by Crippen LogP contribution is 2.28. The summed E-state index contributed by atoms with van der Waals surface area (Å²) in [5, 5.41) is 3.38. The van der Waals surface area contributed by atoms with Crippen LogP contribution < -0.4 is 0 Å². The van der Waals surface area contributed by atoms with E-state index in [0.29, 0.717) is 0 Å². The van der Waals surface area contributed by atoms with E-state index in [0.717, 1.165) is 6.07 Å². The zero-order valence-electron chi connectivity index (χ0n) is 6.86. The Balaban J connectivity index is 3.04. The van der Waals surface area contributed by atoms with E-state index in [2.05, 4.69) is 10.2 Å². The van der Waals surface area contributed by atoms with Gasteiger partial charge in [0.15, 0.2) is 11.6 Å². The second kappa shape index (κ2) is 3.30. The number of benzene rings is 1. The van der Waals surface area contributed by atoms with Crippen LogP contribution in [0.4, 0.5) is 17.6 Å². The van der Waals surface area contributed by atoms with E-state index >= 15 is 0 Å². The summed E-state index contributed by atoms with van der Waals surface area (Å²) in [6.45, 7) is 0. The molecular formula is C8HClF4N2. The van der Waals surface area contributed by atoms with Crippen molar-refractivity contribution >= 4 is 22.4 Å². The molecule has 1 aromatic heterocycles. The molecule has 2 rings (SSSR count). The quantitative estimate of drug-likeness (QED) is 0.519. The highest BCUT2D eigenvalue weighted by molar-refractivity contribution is 6.31. The summed E-state index contributed by atoms with van der Waals surface area (Å²) in [6, 6.07) is 0.752. The van der Waals surface area contributed by atoms with Gasteiger partial charge in [0.1, 0.15) is 0 Å². The second-order valence-corrected chi connectivity index (χ2v) is 3.10. The minimum atomic E-state index is -1.58. The first-order valence-corrected chi connectivity index (χ1v) is 4.05. The molecule has 0 aliphatic carbocycles. The largest absolute Gasteiger partial charge is 0.244 e. The fraction of sp³-hybridized carbons (Fsp3) is 0. The minimum absolute atomic E-state index is 0.550. The van der Waals surface area contributed by atoms with Crippen molar-refractivity contribution in [3.05, 3.63) is 34.6 Å². The van der Waals surface area contributed by atoms with Gasteiger partial charge in [0.2, 0.25) is 11.9 Å². The summed E-state index contributed by atoms with van der Waals surface area (Å²) in [5.74, 6) is -5.63. The van der Waals surface area contributed by atoms with Crippen LogP contribution >= 0.6 is 11.6 Å². The molecule has 0 aliphatic rings. The molecule has 0 spiro atoms. The molecule has 2 nitrogen and oxygen atoms in total. The predicted octanol–water partition coefficient (Wildman–Crippen LogP) is 2.84. The van der Waals surface area contributed by atoms with Gasteiger partial charge in [-0.1, -0.05) is 11.6 Å². The van der Waals surface area contributed by atoms with Gasteiger partial charge in [0.25, 0.3) is 0 Å². The molecular weight excluding hydrogens is 236 g/mol. The summed E-state index contributed by atoms with van der Waals surface area (Å²) >= 11 is 5.26. The Kier molecular flexibility index (Phi) is 2.22. The van der Waals surface area contributed by atoms with E-state index in [1.54, 1.807) is 0 Å². The van der Waals surface area contributed by atoms with Crippen LogP contribution in [0.25, 0.3) is 10.8 Å². The minimum Gasteiger partial charge on any atom is -0.203 e. The molecule has 0 amide bonds. The van der Waals surface area contributed by atoms with Crippen molar-refractivity contribution in [1.29, 1.82) is 0 Å². The van der Waals surface area contributed by atoms with Crippen LogP contribution in [0.5, 0.6) is 0 Å². The van der Waals surface area contributed by atoms with E-state index in [1.165, 1.54) is 0 Å². The van der Waals surface area contributed by atoms with Crippen molar-refractivity contribution in [2.45, 2.75) is 0 Å². The van der Waals surface area contributed by atoms with Gasteiger partial charge in [-0.2, -0.15) is 8.78 Å². The second-order valence-electron chi connectivity index (χ2n) is 2.69. The van der Waals surface area contributed by atoms with Crippen LogP contribution in [-0.2, 0) is 0 Å². The first kappa shape index (κ1) is 10.1. The predicted molar refractivity (Wildman–Crippen MR) is 44.4 cm³/mol. The highest BCUT2D eigenvalue weighted by Gasteiger charge is 2.19. The standard InChI is InChI=1S/C8HClF4N2/c9-3-1-2-4(6(11)5(3)10)8(13)15-14-7(2)12/h1H. The Bertz CT molecular complexity index is 558. The van der Waals surface area contributed by atoms with E-state index in [1.807, 2.05) is 0 Å². The van der Waals surface area contributed by atoms with Gasteiger partial charge in [-0.15, -0.1) is 10.2 Å². The molecule has 7 heteroatoms. The normalized spacial score (nSPS) is 11.0. The highest BCUT2D eigenvalue weighted by atomic mass is 35.5. The van der Waals surface area contributed by atoms with E-state index in [-0.39, 0.29) is 0 Å². The first-order valence-electron chi connectivity index (χ1n) is 3.67. The van der Waals surface area contributed by atoms with Crippen LogP contribution in [0.15, 0.2) is 6.07 Å². The van der Waals surface area contributed by atoms with E-state index < -0.39 is 39.3 Å². The van der Waals surface area contributed by atoms with Gasteiger partial charge < -0.3 is 0 Å². The van der Waals surface area contributed by atoms with Crippen molar-refractivity contribution in [1.82, 2.24) is 10.2 Å². The van der Waals surface area contributed by atoms with Gasteiger partial charge in [0.05, 0.1) is 10.4 Å². The SMILES string of the molecule is Fc1c(Cl)cc2c(F)nnc(F)c2c1F. The van der Waals surface area contributed by atoms with Crippen molar-refractivity contribution in [2.75, 3.05) is 0 Å². The Morgan fingerprint density at radius 2 is 1.53 bits per heavy atom. The fourth-order valence-corrected chi connectivity index (χ4v) is 1.34. The maximum absolute atomic E-state index is 13.2. The number of hydrogen-bond acceptors (Lipinski definition) is 2. The Hall–Kier alpha value is -1.43. The number of hydrogen-bond donors (Lipinski definition) is 0. The number of halogens is 5. The Morgan fingerprint density at radius 3 is 2.20 bits per heavy atom. The lowest BCUT2D eigenvalue weighted by Gasteiger charge is -2.03. The maximum atomic E-state index is 13.2. The average molecular weight is 237 g/mol. The zero-order chi connectivity index (χ0) is 11.2. The van der Waals surface area contributed by atoms with Gasteiger partial charge in [-0.05, 0) is 6.07 Å².